The van der Waals surface area contributed by atoms with Crippen molar-refractivity contribution >= 4 is 17.7 Å². The van der Waals surface area contributed by atoms with E-state index in [1.807, 2.05) is 11.1 Å². The van der Waals surface area contributed by atoms with E-state index >= 15 is 0 Å². The Labute approximate surface area is 249 Å². The number of nitrogens with one attached hydrogen (secondary N) is 3. The van der Waals surface area contributed by atoms with Crippen molar-refractivity contribution in [2.75, 3.05) is 19.6 Å². The van der Waals surface area contributed by atoms with Gasteiger partial charge in [-0.25, -0.2) is 14.2 Å². The summed E-state index contributed by atoms with van der Waals surface area (Å²) >= 11 is 0. The number of hydrogen-bond acceptors (Lipinski definition) is 4. The second-order valence-corrected chi connectivity index (χ2v) is 12.2. The highest BCUT2D eigenvalue weighted by molar-refractivity contribution is 5.88. The van der Waals surface area contributed by atoms with E-state index in [1.54, 1.807) is 18.5 Å². The predicted molar refractivity (Wildman–Crippen MR) is 161 cm³/mol. The largest absolute Gasteiger partial charge is 0.348 e. The summed E-state index contributed by atoms with van der Waals surface area (Å²) in [5.74, 6) is 0.288. The normalized spacial score (nSPS) is 17.9. The Morgan fingerprint density at radius 3 is 2.48 bits per heavy atom. The topological polar surface area (TPSA) is 107 Å². The van der Waals surface area contributed by atoms with Gasteiger partial charge in [-0.2, -0.15) is 0 Å². The number of Topliss-reactive ketones (excluding diaryl/α,β-unsaturated/α-hetero) is 1. The van der Waals surface area contributed by atoms with Gasteiger partial charge in [-0.3, -0.25) is 9.59 Å². The van der Waals surface area contributed by atoms with Crippen LogP contribution in [0.2, 0.25) is 0 Å². The standard InChI is InChI=1S/C33H48FN5O3/c1-2-9-30(40)33(26-10-5-3-6-11-26)17-20-39(21-18-33)31(41)29(22-25-13-15-27(34)16-14-25)38-32(42)36-19-8-4-7-12-28-23-35-24-37-28/h13-16,23-24,26,29H,2-12,17-22H2,1H3,(H,35,37)(H2,36,38,42). The number of benzene rings is 1. The minimum Gasteiger partial charge on any atom is -0.348 e. The zero-order valence-corrected chi connectivity index (χ0v) is 25.1. The van der Waals surface area contributed by atoms with Crippen LogP contribution < -0.4 is 10.6 Å². The van der Waals surface area contributed by atoms with Crippen LogP contribution in [-0.2, 0) is 22.4 Å². The number of urea groups is 1. The number of unbranched alkanes of at least 4 members (excludes halogenated alkanes) is 2. The maximum absolute atomic E-state index is 13.8. The van der Waals surface area contributed by atoms with Gasteiger partial charge in [0.25, 0.3) is 0 Å². The maximum Gasteiger partial charge on any atom is 0.315 e. The fourth-order valence-corrected chi connectivity index (χ4v) is 6.90. The van der Waals surface area contributed by atoms with Crippen LogP contribution in [0, 0.1) is 17.2 Å². The number of ketones is 1. The monoisotopic (exact) mass is 581 g/mol. The van der Waals surface area contributed by atoms with E-state index in [2.05, 4.69) is 27.5 Å². The number of likely N-dealkylation sites (tertiary alicyclic amines) is 1. The minimum absolute atomic E-state index is 0.144. The molecule has 2 aromatic rings. The van der Waals surface area contributed by atoms with Crippen LogP contribution >= 0.6 is 0 Å². The summed E-state index contributed by atoms with van der Waals surface area (Å²) < 4.78 is 13.6. The third-order valence-electron chi connectivity index (χ3n) is 9.31. The highest BCUT2D eigenvalue weighted by Gasteiger charge is 2.47. The summed E-state index contributed by atoms with van der Waals surface area (Å²) in [6.45, 7) is 3.61. The van der Waals surface area contributed by atoms with E-state index in [9.17, 15) is 18.8 Å². The number of nitrogens with zero attached hydrogens (tertiary/aromatic N) is 2. The third kappa shape index (κ3) is 8.65. The zero-order valence-electron chi connectivity index (χ0n) is 25.1. The van der Waals surface area contributed by atoms with E-state index in [-0.39, 0.29) is 29.6 Å². The van der Waals surface area contributed by atoms with E-state index < -0.39 is 6.04 Å². The number of amides is 3. The first-order valence-electron chi connectivity index (χ1n) is 16.0. The lowest BCUT2D eigenvalue weighted by atomic mass is 9.61. The van der Waals surface area contributed by atoms with E-state index in [0.717, 1.165) is 56.2 Å². The third-order valence-corrected chi connectivity index (χ3v) is 9.31. The number of imidazole rings is 1. The first-order valence-corrected chi connectivity index (χ1v) is 16.0. The van der Waals surface area contributed by atoms with Crippen molar-refractivity contribution in [1.82, 2.24) is 25.5 Å². The predicted octanol–water partition coefficient (Wildman–Crippen LogP) is 5.73. The van der Waals surface area contributed by atoms with Crippen LogP contribution in [0.5, 0.6) is 0 Å². The fourth-order valence-electron chi connectivity index (χ4n) is 6.90. The number of halogens is 1. The molecular formula is C33H48FN5O3. The number of aromatic amines is 1. The molecule has 9 heteroatoms. The summed E-state index contributed by atoms with van der Waals surface area (Å²) in [6, 6.07) is 4.91. The van der Waals surface area contributed by atoms with E-state index in [0.29, 0.717) is 50.6 Å². The van der Waals surface area contributed by atoms with Gasteiger partial charge in [-0.05, 0) is 75.0 Å². The smallest absolute Gasteiger partial charge is 0.315 e. The van der Waals surface area contributed by atoms with E-state index in [4.69, 9.17) is 0 Å². The van der Waals surface area contributed by atoms with Gasteiger partial charge in [0.05, 0.1) is 6.33 Å². The second kappa shape index (κ2) is 15.8. The van der Waals surface area contributed by atoms with Crippen molar-refractivity contribution in [3.05, 3.63) is 53.9 Å². The van der Waals surface area contributed by atoms with Crippen molar-refractivity contribution in [2.24, 2.45) is 11.3 Å². The molecule has 1 aromatic carbocycles. The number of carbonyl (C=O) groups is 3. The fraction of sp³-hybridized carbons (Fsp3) is 0.636. The van der Waals surface area contributed by atoms with Crippen LogP contribution in [0.15, 0.2) is 36.8 Å². The van der Waals surface area contributed by atoms with Gasteiger partial charge >= 0.3 is 6.03 Å². The van der Waals surface area contributed by atoms with E-state index in [1.165, 1.54) is 31.4 Å². The Morgan fingerprint density at radius 2 is 1.81 bits per heavy atom. The number of carbonyl (C=O) groups excluding carboxylic acids is 3. The van der Waals surface area contributed by atoms with Crippen molar-refractivity contribution in [3.8, 4) is 0 Å². The van der Waals surface area contributed by atoms with Crippen molar-refractivity contribution in [2.45, 2.75) is 103 Å². The van der Waals surface area contributed by atoms with Gasteiger partial charge in [0, 0.05) is 49.8 Å². The van der Waals surface area contributed by atoms with Crippen LogP contribution in [0.1, 0.15) is 95.2 Å². The number of aryl methyl sites for hydroxylation is 1. The number of piperidine rings is 1. The first kappa shape index (κ1) is 31.7. The number of hydrogen-bond donors (Lipinski definition) is 3. The number of rotatable bonds is 14. The van der Waals surface area contributed by atoms with Crippen LogP contribution in [0.25, 0.3) is 0 Å². The molecule has 1 unspecified atom stereocenters. The molecule has 2 heterocycles. The average Bonchev–Trinajstić information content (AvgIpc) is 3.53. The van der Waals surface area contributed by atoms with Crippen molar-refractivity contribution in [3.63, 3.8) is 0 Å². The summed E-state index contributed by atoms with van der Waals surface area (Å²) in [4.78, 5) is 49.1. The highest BCUT2D eigenvalue weighted by atomic mass is 19.1. The molecule has 1 aromatic heterocycles. The molecule has 0 bridgehead atoms. The first-order chi connectivity index (χ1) is 20.4. The lowest BCUT2D eigenvalue weighted by Crippen LogP contribution is -2.56. The minimum atomic E-state index is -0.774. The molecule has 1 saturated carbocycles. The maximum atomic E-state index is 13.8. The van der Waals surface area contributed by atoms with Gasteiger partial charge in [0.15, 0.2) is 0 Å². The van der Waals surface area contributed by atoms with Crippen LogP contribution in [0.3, 0.4) is 0 Å². The molecule has 4 rings (SSSR count). The lowest BCUT2D eigenvalue weighted by molar-refractivity contribution is -0.144. The molecule has 2 fully saturated rings. The Bertz CT molecular complexity index is 1120. The van der Waals surface area contributed by atoms with Crippen molar-refractivity contribution < 1.29 is 18.8 Å². The Morgan fingerprint density at radius 1 is 1.07 bits per heavy atom. The molecule has 1 atom stereocenters. The Kier molecular flexibility index (Phi) is 12.0. The van der Waals surface area contributed by atoms with Gasteiger partial charge < -0.3 is 20.5 Å². The summed E-state index contributed by atoms with van der Waals surface area (Å²) in [6.07, 6.45) is 16.1. The average molecular weight is 582 g/mol. The summed E-state index contributed by atoms with van der Waals surface area (Å²) in [5.41, 5.74) is 1.55. The van der Waals surface area contributed by atoms with Gasteiger partial charge in [-0.15, -0.1) is 0 Å². The SMILES string of the molecule is CCCC(=O)C1(C2CCCCC2)CCN(C(=O)C(Cc2ccc(F)cc2)NC(=O)NCCCCCc2cnc[nH]2)CC1. The van der Waals surface area contributed by atoms with Crippen molar-refractivity contribution in [1.29, 1.82) is 0 Å². The molecular weight excluding hydrogens is 533 g/mol. The molecule has 0 radical (unpaired) electrons. The van der Waals surface area contributed by atoms with Crippen LogP contribution in [-0.4, -0.2) is 58.3 Å². The molecule has 1 aliphatic heterocycles. The lowest BCUT2D eigenvalue weighted by Gasteiger charge is -2.47. The molecule has 1 saturated heterocycles. The zero-order chi connectivity index (χ0) is 29.8. The molecule has 230 valence electrons. The molecule has 0 spiro atoms. The molecule has 3 N–H and O–H groups in total. The van der Waals surface area contributed by atoms with Crippen LogP contribution in [0.4, 0.5) is 9.18 Å². The van der Waals surface area contributed by atoms with Gasteiger partial charge in [-0.1, -0.05) is 44.7 Å². The molecule has 8 nitrogen and oxygen atoms in total. The Balaban J connectivity index is 1.34. The molecule has 1 aliphatic carbocycles. The van der Waals surface area contributed by atoms with Gasteiger partial charge in [0.1, 0.15) is 17.6 Å². The molecule has 2 aliphatic rings. The second-order valence-electron chi connectivity index (χ2n) is 12.2. The quantitative estimate of drug-likeness (QED) is 0.248. The Hall–Kier alpha value is -3.23. The summed E-state index contributed by atoms with van der Waals surface area (Å²) in [5, 5.41) is 5.80. The molecule has 42 heavy (non-hydrogen) atoms. The van der Waals surface area contributed by atoms with Gasteiger partial charge in [0.2, 0.25) is 5.91 Å². The molecule has 3 amide bonds. The number of H-pyrrole nitrogens is 1. The highest BCUT2D eigenvalue weighted by Crippen LogP contribution is 2.47. The summed E-state index contributed by atoms with van der Waals surface area (Å²) in [7, 11) is 0. The number of aromatic nitrogens is 2.